The van der Waals surface area contributed by atoms with Crippen LogP contribution in [0.3, 0.4) is 0 Å². The number of likely N-dealkylation sites (tertiary alicyclic amines) is 1. The summed E-state index contributed by atoms with van der Waals surface area (Å²) in [4.78, 5) is 130. The van der Waals surface area contributed by atoms with Crippen LogP contribution >= 0.6 is 21.6 Å². The molecule has 24 heteroatoms. The van der Waals surface area contributed by atoms with Gasteiger partial charge < -0.3 is 66.8 Å². The summed E-state index contributed by atoms with van der Waals surface area (Å²) in [5, 5.41) is 19.3. The maximum atomic E-state index is 15.0. The first kappa shape index (κ1) is 71.4. The monoisotopic (exact) mass is 1230 g/mol. The second-order valence-electron chi connectivity index (χ2n) is 26.3. The van der Waals surface area contributed by atoms with Crippen LogP contribution in [-0.2, 0) is 65.5 Å². The number of esters is 1. The predicted octanol–water partition coefficient (Wildman–Crippen LogP) is 4.57. The van der Waals surface area contributed by atoms with E-state index >= 15 is 4.79 Å². The van der Waals surface area contributed by atoms with Crippen LogP contribution in [0.4, 0.5) is 0 Å². The fraction of sp³-hybridized carbons (Fsp3) is 0.656. The van der Waals surface area contributed by atoms with E-state index in [1.54, 1.807) is 104 Å². The summed E-state index contributed by atoms with van der Waals surface area (Å²) in [7, 11) is 2.43. The molecule has 2 aliphatic rings. The number of nitrogens with two attached hydrogens (primary N) is 1. The van der Waals surface area contributed by atoms with Gasteiger partial charge in [-0.2, -0.15) is 0 Å². The van der Waals surface area contributed by atoms with Crippen molar-refractivity contribution in [2.45, 2.75) is 226 Å². The Bertz CT molecular complexity index is 2610. The third kappa shape index (κ3) is 25.8. The fourth-order valence-corrected chi connectivity index (χ4v) is 11.8. The highest BCUT2D eigenvalue weighted by molar-refractivity contribution is 8.76. The van der Waals surface area contributed by atoms with Crippen LogP contribution in [0, 0.1) is 5.92 Å². The summed E-state index contributed by atoms with van der Waals surface area (Å²) in [6, 6.07) is 4.11. The van der Waals surface area contributed by atoms with Gasteiger partial charge in [0.25, 0.3) is 0 Å². The lowest BCUT2D eigenvalue weighted by Gasteiger charge is -2.31. The van der Waals surface area contributed by atoms with Crippen molar-refractivity contribution in [1.29, 1.82) is 0 Å². The average Bonchev–Trinajstić information content (AvgIpc) is 3.30. The zero-order chi connectivity index (χ0) is 63.8. The highest BCUT2D eigenvalue weighted by Crippen LogP contribution is 2.26. The summed E-state index contributed by atoms with van der Waals surface area (Å²) in [6.07, 6.45) is -0.704. The molecule has 0 radical (unpaired) electrons. The average molecular weight is 1230 g/mol. The highest BCUT2D eigenvalue weighted by Gasteiger charge is 2.40. The standard InChI is InChI=1S/C61H95N9O13S2/c1-35(2)28-42(62)57(79)70-27-17-18-47(70)55(77)68-46-34-85-84-33-36(3)64-56(78)50(37(4)80-58(5,6)7)69-48(71)32-63-51(73)43(29-38-19-23-40(24-20-38)81-59(8,9)10)65-52(74)44(30-39-21-25-41(26-22-39)82-60(11,12)13)66-53(75)45(67-54(46)76)31-49(72)83-61(14,15)16/h19-26,35-37,42-47,50H,17-18,27-34,62H2,1-16H3,(H,63,73)(H,64,78)(H,65,74)(H,66,75)(H,67,76)(H,68,77)(H,69,71)/t36-,37-,42+,43+,44+,45+,46+,47+,50?/m1/s1. The van der Waals surface area contributed by atoms with E-state index in [1.165, 1.54) is 26.5 Å². The van der Waals surface area contributed by atoms with Crippen LogP contribution in [-0.4, -0.2) is 160 Å². The Labute approximate surface area is 510 Å². The van der Waals surface area contributed by atoms with Gasteiger partial charge in [-0.05, 0) is 158 Å². The number of amides is 8. The first-order chi connectivity index (χ1) is 39.3. The number of nitrogens with one attached hydrogen (secondary N) is 7. The fourth-order valence-electron chi connectivity index (χ4n) is 9.31. The van der Waals surface area contributed by atoms with Gasteiger partial charge in [0.2, 0.25) is 47.3 Å². The molecule has 0 bridgehead atoms. The Balaban J connectivity index is 1.86. The number of benzene rings is 2. The van der Waals surface area contributed by atoms with Crippen molar-refractivity contribution in [2.75, 3.05) is 24.6 Å². The third-order valence-electron chi connectivity index (χ3n) is 12.8. The molecule has 9 N–H and O–H groups in total. The van der Waals surface area contributed by atoms with E-state index in [2.05, 4.69) is 37.2 Å². The lowest BCUT2D eigenvalue weighted by atomic mass is 10.0. The van der Waals surface area contributed by atoms with Crippen molar-refractivity contribution in [2.24, 2.45) is 11.7 Å². The second-order valence-corrected chi connectivity index (χ2v) is 28.8. The van der Waals surface area contributed by atoms with Crippen molar-refractivity contribution in [3.05, 3.63) is 59.7 Å². The van der Waals surface area contributed by atoms with Gasteiger partial charge in [-0.25, -0.2) is 0 Å². The molecule has 2 heterocycles. The predicted molar refractivity (Wildman–Crippen MR) is 329 cm³/mol. The van der Waals surface area contributed by atoms with Crippen molar-refractivity contribution in [3.63, 3.8) is 0 Å². The van der Waals surface area contributed by atoms with E-state index in [1.807, 2.05) is 55.4 Å². The quantitative estimate of drug-likeness (QED) is 0.0895. The zero-order valence-corrected chi connectivity index (χ0v) is 54.2. The SMILES string of the molecule is CC(C)C[C@H](N)C(=O)N1CCC[C@H]1C(=O)N[C@H]1CSSC[C@@H](C)NC(=O)C([C@@H](C)OC(C)(C)C)NC(=O)CNC(=O)[C@H](Cc2ccc(OC(C)(C)C)cc2)NC(=O)[C@H](Cc2ccc(OC(C)(C)C)cc2)NC(=O)[C@H](CC(=O)OC(C)(C)C)NC1=O. The van der Waals surface area contributed by atoms with Gasteiger partial charge >= 0.3 is 5.97 Å². The topological polar surface area (TPSA) is 304 Å². The van der Waals surface area contributed by atoms with Gasteiger partial charge in [-0.15, -0.1) is 0 Å². The minimum atomic E-state index is -1.71. The van der Waals surface area contributed by atoms with E-state index in [0.29, 0.717) is 41.9 Å². The zero-order valence-electron chi connectivity index (χ0n) is 52.6. The van der Waals surface area contributed by atoms with E-state index < -0.39 is 143 Å². The lowest BCUT2D eigenvalue weighted by molar-refractivity contribution is -0.156. The van der Waals surface area contributed by atoms with Gasteiger partial charge in [0.05, 0.1) is 30.7 Å². The normalized spacial score (nSPS) is 23.2. The lowest BCUT2D eigenvalue weighted by Crippen LogP contribution is -2.60. The molecule has 2 aromatic carbocycles. The first-order valence-electron chi connectivity index (χ1n) is 29.2. The Hall–Kier alpha value is -6.11. The van der Waals surface area contributed by atoms with E-state index in [9.17, 15) is 38.4 Å². The van der Waals surface area contributed by atoms with Gasteiger partial charge in [-0.1, -0.05) is 59.7 Å². The third-order valence-corrected chi connectivity index (χ3v) is 15.4. The van der Waals surface area contributed by atoms with Gasteiger partial charge in [0.15, 0.2) is 0 Å². The van der Waals surface area contributed by atoms with Crippen molar-refractivity contribution >= 4 is 74.8 Å². The molecule has 4 rings (SSSR count). The molecular formula is C61H95N9O13S2. The summed E-state index contributed by atoms with van der Waals surface area (Å²) in [5.74, 6) is -5.41. The van der Waals surface area contributed by atoms with Gasteiger partial charge in [0, 0.05) is 36.9 Å². The van der Waals surface area contributed by atoms with Crippen molar-refractivity contribution in [1.82, 2.24) is 42.1 Å². The van der Waals surface area contributed by atoms with Gasteiger partial charge in [-0.3, -0.25) is 43.2 Å². The van der Waals surface area contributed by atoms with Gasteiger partial charge in [0.1, 0.15) is 64.6 Å². The van der Waals surface area contributed by atoms with E-state index in [-0.39, 0.29) is 36.8 Å². The summed E-state index contributed by atoms with van der Waals surface area (Å²) in [6.45, 7) is 28.6. The molecule has 1 unspecified atom stereocenters. The Morgan fingerprint density at radius 1 is 0.647 bits per heavy atom. The number of ether oxygens (including phenoxy) is 4. The van der Waals surface area contributed by atoms with Crippen molar-refractivity contribution in [3.8, 4) is 11.5 Å². The molecule has 2 saturated heterocycles. The van der Waals surface area contributed by atoms with Crippen LogP contribution in [0.5, 0.6) is 11.5 Å². The molecule has 2 fully saturated rings. The number of carbonyl (C=O) groups excluding carboxylic acids is 9. The molecule has 0 aromatic heterocycles. The molecule has 2 aromatic rings. The smallest absolute Gasteiger partial charge is 0.308 e. The second kappa shape index (κ2) is 31.5. The van der Waals surface area contributed by atoms with E-state index in [0.717, 1.165) is 0 Å². The number of rotatable bonds is 15. The minimum Gasteiger partial charge on any atom is -0.488 e. The molecule has 0 saturated carbocycles. The summed E-state index contributed by atoms with van der Waals surface area (Å²) < 4.78 is 23.9. The molecule has 9 atom stereocenters. The molecule has 474 valence electrons. The summed E-state index contributed by atoms with van der Waals surface area (Å²) in [5.41, 5.74) is 4.63. The molecule has 22 nitrogen and oxygen atoms in total. The first-order valence-corrected chi connectivity index (χ1v) is 31.7. The largest absolute Gasteiger partial charge is 0.488 e. The van der Waals surface area contributed by atoms with Crippen LogP contribution < -0.4 is 52.4 Å². The molecular weight excluding hydrogens is 1130 g/mol. The number of hydrogen-bond donors (Lipinski definition) is 8. The maximum Gasteiger partial charge on any atom is 0.308 e. The minimum absolute atomic E-state index is 0.105. The summed E-state index contributed by atoms with van der Waals surface area (Å²) >= 11 is 0. The molecule has 0 aliphatic carbocycles. The number of nitrogens with zero attached hydrogens (tertiary/aromatic N) is 1. The Morgan fingerprint density at radius 3 is 1.66 bits per heavy atom. The maximum absolute atomic E-state index is 15.0. The molecule has 0 spiro atoms. The molecule has 2 aliphatic heterocycles. The van der Waals surface area contributed by atoms with E-state index in [4.69, 9.17) is 24.7 Å². The molecule has 8 amide bonds. The number of carbonyl (C=O) groups is 9. The van der Waals surface area contributed by atoms with Crippen LogP contribution in [0.15, 0.2) is 48.5 Å². The number of hydrogen-bond acceptors (Lipinski definition) is 16. The molecule has 85 heavy (non-hydrogen) atoms. The Morgan fingerprint density at radius 2 is 1.15 bits per heavy atom. The van der Waals surface area contributed by atoms with Crippen molar-refractivity contribution < 1.29 is 62.1 Å². The van der Waals surface area contributed by atoms with Crippen LogP contribution in [0.2, 0.25) is 0 Å². The Kier molecular flexibility index (Phi) is 26.5. The van der Waals surface area contributed by atoms with Crippen LogP contribution in [0.1, 0.15) is 148 Å². The van der Waals surface area contributed by atoms with Crippen LogP contribution in [0.25, 0.3) is 0 Å². The highest BCUT2D eigenvalue weighted by atomic mass is 33.1.